The van der Waals surface area contributed by atoms with Gasteiger partial charge in [-0.3, -0.25) is 14.8 Å². The van der Waals surface area contributed by atoms with Crippen molar-refractivity contribution in [2.45, 2.75) is 19.2 Å². The van der Waals surface area contributed by atoms with Crippen LogP contribution in [0.4, 0.5) is 5.69 Å². The van der Waals surface area contributed by atoms with E-state index in [9.17, 15) is 15.2 Å². The van der Waals surface area contributed by atoms with Gasteiger partial charge in [0.1, 0.15) is 12.4 Å². The maximum Gasteiger partial charge on any atom is 0.306 e. The number of aromatic nitrogens is 2. The fourth-order valence-electron chi connectivity index (χ4n) is 1.64. The lowest BCUT2D eigenvalue weighted by atomic mass is 10.3. The molecule has 0 amide bonds. The Balaban J connectivity index is 1.74. The molecule has 0 aliphatic heterocycles. The molecule has 2 aromatic rings. The zero-order valence-electron chi connectivity index (χ0n) is 10.4. The summed E-state index contributed by atoms with van der Waals surface area (Å²) in [4.78, 5) is 11.2. The Morgan fingerprint density at radius 2 is 2.40 bits per heavy atom. The maximum atomic E-state index is 10.5. The van der Waals surface area contributed by atoms with Gasteiger partial charge in [0.2, 0.25) is 0 Å². The van der Waals surface area contributed by atoms with Gasteiger partial charge < -0.3 is 10.4 Å². The molecule has 2 aromatic heterocycles. The first-order valence-electron chi connectivity index (χ1n) is 5.84. The first kappa shape index (κ1) is 15.1. The summed E-state index contributed by atoms with van der Waals surface area (Å²) in [5.41, 5.74) is -0.0754. The molecule has 9 heteroatoms. The number of aliphatic hydroxyl groups excluding tert-OH is 1. The summed E-state index contributed by atoms with van der Waals surface area (Å²) < 4.78 is 2.44. The van der Waals surface area contributed by atoms with Gasteiger partial charge in [0.25, 0.3) is 0 Å². The van der Waals surface area contributed by atoms with Crippen LogP contribution in [0.2, 0.25) is 0 Å². The molecule has 0 radical (unpaired) electrons. The van der Waals surface area contributed by atoms with Crippen LogP contribution in [0.15, 0.2) is 28.3 Å². The van der Waals surface area contributed by atoms with Crippen molar-refractivity contribution in [3.8, 4) is 0 Å². The van der Waals surface area contributed by atoms with Crippen LogP contribution < -0.4 is 5.32 Å². The van der Waals surface area contributed by atoms with E-state index < -0.39 is 11.0 Å². The highest BCUT2D eigenvalue weighted by Gasteiger charge is 2.11. The van der Waals surface area contributed by atoms with E-state index in [4.69, 9.17) is 0 Å². The van der Waals surface area contributed by atoms with Crippen LogP contribution in [0.3, 0.4) is 0 Å². The second-order valence-corrected chi connectivity index (χ2v) is 6.72. The van der Waals surface area contributed by atoms with Gasteiger partial charge in [-0.05, 0) is 28.1 Å². The quantitative estimate of drug-likeness (QED) is 0.579. The molecule has 20 heavy (non-hydrogen) atoms. The first-order valence-corrected chi connectivity index (χ1v) is 7.45. The molecular formula is C11H13BrN4O3S. The number of rotatable bonds is 7. The molecule has 2 N–H and O–H groups in total. The lowest BCUT2D eigenvalue weighted by Gasteiger charge is -2.11. The van der Waals surface area contributed by atoms with Gasteiger partial charge in [0.05, 0.1) is 21.4 Å². The average Bonchev–Trinajstić information content (AvgIpc) is 2.99. The predicted molar refractivity (Wildman–Crippen MR) is 78.6 cm³/mol. The highest BCUT2D eigenvalue weighted by Crippen LogP contribution is 2.21. The summed E-state index contributed by atoms with van der Waals surface area (Å²) in [5.74, 6) is 0. The van der Waals surface area contributed by atoms with Gasteiger partial charge in [0.15, 0.2) is 0 Å². The summed E-state index contributed by atoms with van der Waals surface area (Å²) in [6.07, 6.45) is 1.82. The SMILES string of the molecule is O=[N+]([O-])c1cnn(CC(O)CNCc2ccc(Br)s2)c1. The first-order chi connectivity index (χ1) is 9.54. The summed E-state index contributed by atoms with van der Waals surface area (Å²) in [6.45, 7) is 1.28. The van der Waals surface area contributed by atoms with E-state index in [1.54, 1.807) is 11.3 Å². The minimum Gasteiger partial charge on any atom is -0.390 e. The molecule has 0 aliphatic carbocycles. The summed E-state index contributed by atoms with van der Waals surface area (Å²) in [5, 5.41) is 27.3. The number of halogens is 1. The lowest BCUT2D eigenvalue weighted by molar-refractivity contribution is -0.385. The van der Waals surface area contributed by atoms with E-state index in [0.717, 1.165) is 3.79 Å². The van der Waals surface area contributed by atoms with E-state index >= 15 is 0 Å². The van der Waals surface area contributed by atoms with Crippen LogP contribution in [0, 0.1) is 10.1 Å². The molecule has 1 unspecified atom stereocenters. The molecule has 2 rings (SSSR count). The molecule has 0 fully saturated rings. The van der Waals surface area contributed by atoms with Crippen LogP contribution in [0.1, 0.15) is 4.88 Å². The number of nitrogens with zero attached hydrogens (tertiary/aromatic N) is 3. The largest absolute Gasteiger partial charge is 0.390 e. The highest BCUT2D eigenvalue weighted by molar-refractivity contribution is 9.11. The zero-order chi connectivity index (χ0) is 14.5. The van der Waals surface area contributed by atoms with Gasteiger partial charge in [0, 0.05) is 18.0 Å². The second-order valence-electron chi connectivity index (χ2n) is 4.17. The molecule has 0 aromatic carbocycles. The smallest absolute Gasteiger partial charge is 0.306 e. The number of hydrogen-bond donors (Lipinski definition) is 2. The molecule has 108 valence electrons. The van der Waals surface area contributed by atoms with Gasteiger partial charge in [-0.25, -0.2) is 0 Å². The Labute approximate surface area is 127 Å². The van der Waals surface area contributed by atoms with Crippen LogP contribution in [0.25, 0.3) is 0 Å². The molecule has 1 atom stereocenters. The van der Waals surface area contributed by atoms with E-state index in [2.05, 4.69) is 26.3 Å². The average molecular weight is 361 g/mol. The molecular weight excluding hydrogens is 348 g/mol. The molecule has 0 saturated heterocycles. The predicted octanol–water partition coefficient (Wildman–Crippen LogP) is 1.77. The van der Waals surface area contributed by atoms with Gasteiger partial charge >= 0.3 is 5.69 Å². The minimum absolute atomic E-state index is 0.0754. The van der Waals surface area contributed by atoms with E-state index in [0.29, 0.717) is 13.1 Å². The molecule has 0 aliphatic rings. The second kappa shape index (κ2) is 6.93. The van der Waals surface area contributed by atoms with Gasteiger partial charge in [-0.15, -0.1) is 11.3 Å². The minimum atomic E-state index is -0.655. The third-order valence-corrected chi connectivity index (χ3v) is 4.16. The van der Waals surface area contributed by atoms with Crippen molar-refractivity contribution in [1.29, 1.82) is 0 Å². The van der Waals surface area contributed by atoms with Gasteiger partial charge in [-0.2, -0.15) is 5.10 Å². The van der Waals surface area contributed by atoms with Crippen LogP contribution >= 0.6 is 27.3 Å². The fourth-order valence-corrected chi connectivity index (χ4v) is 3.09. The van der Waals surface area contributed by atoms with Crippen molar-refractivity contribution < 1.29 is 10.0 Å². The Bertz CT molecular complexity index is 586. The number of hydrogen-bond acceptors (Lipinski definition) is 6. The van der Waals surface area contributed by atoms with Crippen molar-refractivity contribution in [3.05, 3.63) is 43.3 Å². The zero-order valence-corrected chi connectivity index (χ0v) is 12.8. The monoisotopic (exact) mass is 360 g/mol. The third-order valence-electron chi connectivity index (χ3n) is 2.54. The van der Waals surface area contributed by atoms with Crippen LogP contribution in [0.5, 0.6) is 0 Å². The highest BCUT2D eigenvalue weighted by atomic mass is 79.9. The lowest BCUT2D eigenvalue weighted by Crippen LogP contribution is -2.29. The molecule has 0 saturated carbocycles. The molecule has 7 nitrogen and oxygen atoms in total. The van der Waals surface area contributed by atoms with Crippen molar-refractivity contribution in [2.75, 3.05) is 6.54 Å². The van der Waals surface area contributed by atoms with Crippen molar-refractivity contribution >= 4 is 33.0 Å². The third kappa shape index (κ3) is 4.37. The number of thiophene rings is 1. The van der Waals surface area contributed by atoms with E-state index in [1.807, 2.05) is 12.1 Å². The van der Waals surface area contributed by atoms with Gasteiger partial charge in [-0.1, -0.05) is 0 Å². The van der Waals surface area contributed by atoms with E-state index in [1.165, 1.54) is 22.0 Å². The normalized spacial score (nSPS) is 12.5. The number of nitrogens with one attached hydrogen (secondary N) is 1. The number of nitro groups is 1. The van der Waals surface area contributed by atoms with E-state index in [-0.39, 0.29) is 12.2 Å². The van der Waals surface area contributed by atoms with Crippen LogP contribution in [-0.4, -0.2) is 32.5 Å². The Hall–Kier alpha value is -1.29. The Kier molecular flexibility index (Phi) is 5.24. The standard InChI is InChI=1S/C11H13BrN4O3S/c12-11-2-1-10(20-11)5-13-4-9(17)7-15-6-8(3-14-15)16(18)19/h1-3,6,9,13,17H,4-5,7H2. The van der Waals surface area contributed by atoms with Crippen molar-refractivity contribution in [3.63, 3.8) is 0 Å². The summed E-state index contributed by atoms with van der Waals surface area (Å²) in [6, 6.07) is 3.98. The molecule has 0 spiro atoms. The molecule has 2 heterocycles. The van der Waals surface area contributed by atoms with Crippen molar-refractivity contribution in [2.24, 2.45) is 0 Å². The summed E-state index contributed by atoms with van der Waals surface area (Å²) in [7, 11) is 0. The molecule has 0 bridgehead atoms. The topological polar surface area (TPSA) is 93.2 Å². The summed E-state index contributed by atoms with van der Waals surface area (Å²) >= 11 is 5.02. The number of aliphatic hydroxyl groups is 1. The maximum absolute atomic E-state index is 10.5. The Morgan fingerprint density at radius 1 is 1.60 bits per heavy atom. The fraction of sp³-hybridized carbons (Fsp3) is 0.364. The Morgan fingerprint density at radius 3 is 3.00 bits per heavy atom. The van der Waals surface area contributed by atoms with Crippen molar-refractivity contribution in [1.82, 2.24) is 15.1 Å². The van der Waals surface area contributed by atoms with Crippen LogP contribution in [-0.2, 0) is 13.1 Å².